The van der Waals surface area contributed by atoms with E-state index in [0.29, 0.717) is 13.0 Å². The van der Waals surface area contributed by atoms with E-state index in [2.05, 4.69) is 15.8 Å². The zero-order valence-corrected chi connectivity index (χ0v) is 10.1. The van der Waals surface area contributed by atoms with Gasteiger partial charge in [0.1, 0.15) is 5.75 Å². The Morgan fingerprint density at radius 3 is 2.76 bits per heavy atom. The number of nitrogens with zero attached hydrogens (tertiary/aromatic N) is 3. The fourth-order valence-corrected chi connectivity index (χ4v) is 1.32. The van der Waals surface area contributed by atoms with Crippen LogP contribution in [0, 0.1) is 0 Å². The molecule has 0 spiro atoms. The van der Waals surface area contributed by atoms with Gasteiger partial charge in [0.2, 0.25) is 0 Å². The molecule has 0 saturated carbocycles. The van der Waals surface area contributed by atoms with Crippen molar-refractivity contribution in [3.8, 4) is 5.75 Å². The van der Waals surface area contributed by atoms with Crippen LogP contribution in [0.15, 0.2) is 41.2 Å². The molecule has 17 heavy (non-hydrogen) atoms. The van der Waals surface area contributed by atoms with Gasteiger partial charge in [0.25, 0.3) is 0 Å². The summed E-state index contributed by atoms with van der Waals surface area (Å²) in [5.74, 6) is 0.842. The molecular weight excluding hydrogens is 214 g/mol. The number of hydrogen-bond acceptors (Lipinski definition) is 2. The van der Waals surface area contributed by atoms with Crippen LogP contribution < -0.4 is 4.74 Å². The van der Waals surface area contributed by atoms with Crippen molar-refractivity contribution in [2.75, 3.05) is 13.7 Å². The second-order valence-corrected chi connectivity index (χ2v) is 3.45. The van der Waals surface area contributed by atoms with Crippen molar-refractivity contribution in [1.29, 1.82) is 0 Å². The molecule has 0 atom stereocenters. The molecule has 0 bridgehead atoms. The maximum absolute atomic E-state index is 8.11. The van der Waals surface area contributed by atoms with Gasteiger partial charge in [-0.15, -0.1) is 5.73 Å². The first-order chi connectivity index (χ1) is 8.27. The molecule has 0 radical (unpaired) electrons. The fourth-order valence-electron chi connectivity index (χ4n) is 1.32. The van der Waals surface area contributed by atoms with Crippen molar-refractivity contribution in [3.05, 3.63) is 52.1 Å². The largest absolute Gasteiger partial charge is 0.497 e. The van der Waals surface area contributed by atoms with Gasteiger partial charge in [0, 0.05) is 11.5 Å². The first kappa shape index (κ1) is 12.9. The van der Waals surface area contributed by atoms with E-state index < -0.39 is 0 Å². The van der Waals surface area contributed by atoms with Gasteiger partial charge in [0.05, 0.1) is 7.11 Å². The van der Waals surface area contributed by atoms with Crippen LogP contribution in [0.25, 0.3) is 16.0 Å². The summed E-state index contributed by atoms with van der Waals surface area (Å²) in [6.45, 7) is 2.46. The molecule has 4 heteroatoms. The second-order valence-electron chi connectivity index (χ2n) is 3.45. The average molecular weight is 229 g/mol. The maximum atomic E-state index is 8.11. The third-order valence-electron chi connectivity index (χ3n) is 2.28. The van der Waals surface area contributed by atoms with Crippen LogP contribution in [-0.4, -0.2) is 13.7 Å². The van der Waals surface area contributed by atoms with Gasteiger partial charge in [0.15, 0.2) is 0 Å². The lowest BCUT2D eigenvalue weighted by Gasteiger charge is -2.01. The van der Waals surface area contributed by atoms with Crippen LogP contribution in [0.2, 0.25) is 0 Å². The molecule has 0 unspecified atom stereocenters. The molecule has 0 fully saturated rings. The van der Waals surface area contributed by atoms with Gasteiger partial charge in [-0.05, 0) is 48.2 Å². The SMILES string of the molecule is COc1ccc(C(C)=C=CCCN=[N+]=[N-])cc1. The lowest BCUT2D eigenvalue weighted by atomic mass is 10.1. The van der Waals surface area contributed by atoms with Crippen molar-refractivity contribution in [2.24, 2.45) is 5.11 Å². The van der Waals surface area contributed by atoms with Crippen LogP contribution in [-0.2, 0) is 0 Å². The summed E-state index contributed by atoms with van der Waals surface area (Å²) in [7, 11) is 1.65. The Bertz CT molecular complexity index is 464. The van der Waals surface area contributed by atoms with Gasteiger partial charge in [-0.1, -0.05) is 17.2 Å². The highest BCUT2D eigenvalue weighted by molar-refractivity contribution is 5.63. The molecule has 0 aromatic heterocycles. The van der Waals surface area contributed by atoms with E-state index >= 15 is 0 Å². The lowest BCUT2D eigenvalue weighted by molar-refractivity contribution is 0.415. The van der Waals surface area contributed by atoms with Crippen molar-refractivity contribution in [2.45, 2.75) is 13.3 Å². The molecular formula is C13H15N3O. The van der Waals surface area contributed by atoms with E-state index in [1.165, 1.54) is 0 Å². The Morgan fingerprint density at radius 1 is 1.47 bits per heavy atom. The molecule has 0 aliphatic rings. The monoisotopic (exact) mass is 229 g/mol. The van der Waals surface area contributed by atoms with Crippen molar-refractivity contribution in [1.82, 2.24) is 0 Å². The maximum Gasteiger partial charge on any atom is 0.118 e. The van der Waals surface area contributed by atoms with Gasteiger partial charge in [-0.25, -0.2) is 0 Å². The van der Waals surface area contributed by atoms with E-state index in [-0.39, 0.29) is 0 Å². The van der Waals surface area contributed by atoms with Crippen LogP contribution in [0.4, 0.5) is 0 Å². The molecule has 0 amide bonds. The minimum Gasteiger partial charge on any atom is -0.497 e. The Hall–Kier alpha value is -2.15. The lowest BCUT2D eigenvalue weighted by Crippen LogP contribution is -1.83. The smallest absolute Gasteiger partial charge is 0.118 e. The molecule has 88 valence electrons. The summed E-state index contributed by atoms with van der Waals surface area (Å²) in [4.78, 5) is 2.69. The standard InChI is InChI=1S/C13H15N3O/c1-11(5-3-4-10-15-16-14)12-6-8-13(17-2)9-7-12/h3,6-9H,4,10H2,1-2H3. The van der Waals surface area contributed by atoms with Gasteiger partial charge in [-0.3, -0.25) is 0 Å². The zero-order valence-electron chi connectivity index (χ0n) is 10.1. The number of ether oxygens (including phenoxy) is 1. The van der Waals surface area contributed by atoms with Gasteiger partial charge in [-0.2, -0.15) is 0 Å². The first-order valence-corrected chi connectivity index (χ1v) is 5.35. The summed E-state index contributed by atoms with van der Waals surface area (Å²) in [6, 6.07) is 7.81. The Morgan fingerprint density at radius 2 is 2.18 bits per heavy atom. The molecule has 0 heterocycles. The Balaban J connectivity index is 2.70. The highest BCUT2D eigenvalue weighted by Crippen LogP contribution is 2.17. The topological polar surface area (TPSA) is 58.0 Å². The Kier molecular flexibility index (Phi) is 5.45. The van der Waals surface area contributed by atoms with E-state index in [1.54, 1.807) is 7.11 Å². The van der Waals surface area contributed by atoms with Crippen molar-refractivity contribution < 1.29 is 4.74 Å². The summed E-state index contributed by atoms with van der Waals surface area (Å²) < 4.78 is 5.09. The number of hydrogen-bond donors (Lipinski definition) is 0. The molecule has 1 aromatic rings. The zero-order chi connectivity index (χ0) is 12.5. The molecule has 0 saturated heterocycles. The third-order valence-corrected chi connectivity index (χ3v) is 2.28. The molecule has 4 nitrogen and oxygen atoms in total. The van der Waals surface area contributed by atoms with Crippen LogP contribution in [0.1, 0.15) is 18.9 Å². The summed E-state index contributed by atoms with van der Waals surface area (Å²) in [5.41, 5.74) is 13.4. The van der Waals surface area contributed by atoms with Crippen molar-refractivity contribution >= 4 is 5.57 Å². The van der Waals surface area contributed by atoms with Crippen LogP contribution in [0.5, 0.6) is 5.75 Å². The minimum absolute atomic E-state index is 0.472. The van der Waals surface area contributed by atoms with Gasteiger partial charge < -0.3 is 4.74 Å². The predicted molar refractivity (Wildman–Crippen MR) is 68.8 cm³/mol. The summed E-state index contributed by atoms with van der Waals surface area (Å²) in [6.07, 6.45) is 2.59. The number of methoxy groups -OCH3 is 1. The average Bonchev–Trinajstić information content (AvgIpc) is 2.38. The molecule has 1 aromatic carbocycles. The van der Waals surface area contributed by atoms with E-state index in [1.807, 2.05) is 37.3 Å². The number of azide groups is 1. The first-order valence-electron chi connectivity index (χ1n) is 5.35. The van der Waals surface area contributed by atoms with Crippen molar-refractivity contribution in [3.63, 3.8) is 0 Å². The summed E-state index contributed by atoms with van der Waals surface area (Å²) in [5, 5.41) is 3.45. The van der Waals surface area contributed by atoms with E-state index in [9.17, 15) is 0 Å². The highest BCUT2D eigenvalue weighted by atomic mass is 16.5. The predicted octanol–water partition coefficient (Wildman–Crippen LogP) is 3.95. The fraction of sp³-hybridized carbons (Fsp3) is 0.308. The van der Waals surface area contributed by atoms with E-state index in [4.69, 9.17) is 10.3 Å². The van der Waals surface area contributed by atoms with E-state index in [0.717, 1.165) is 16.9 Å². The second kappa shape index (κ2) is 7.18. The molecule has 0 N–H and O–H groups in total. The molecule has 0 aliphatic heterocycles. The number of rotatable bonds is 5. The van der Waals surface area contributed by atoms with Crippen LogP contribution >= 0.6 is 0 Å². The Labute approximate surface area is 101 Å². The summed E-state index contributed by atoms with van der Waals surface area (Å²) >= 11 is 0. The minimum atomic E-state index is 0.472. The quantitative estimate of drug-likeness (QED) is 0.248. The third kappa shape index (κ3) is 4.47. The highest BCUT2D eigenvalue weighted by Gasteiger charge is 1.94. The molecule has 0 aliphatic carbocycles. The number of benzene rings is 1. The molecule has 1 rings (SSSR count). The van der Waals surface area contributed by atoms with Gasteiger partial charge >= 0.3 is 0 Å². The normalized spacial score (nSPS) is 8.82. The van der Waals surface area contributed by atoms with Crippen LogP contribution in [0.3, 0.4) is 0 Å².